The van der Waals surface area contributed by atoms with E-state index >= 15 is 0 Å². The molecule has 96 valence electrons. The third kappa shape index (κ3) is 2.57. The number of aromatic nitrogens is 1. The molecule has 0 radical (unpaired) electrons. The highest BCUT2D eigenvalue weighted by molar-refractivity contribution is 9.09. The number of fused-ring (bicyclic) bond motifs is 1. The number of alkyl halides is 1. The molecule has 0 unspecified atom stereocenters. The quantitative estimate of drug-likeness (QED) is 0.813. The first-order chi connectivity index (χ1) is 8.44. The van der Waals surface area contributed by atoms with E-state index < -0.39 is 0 Å². The summed E-state index contributed by atoms with van der Waals surface area (Å²) in [5.41, 5.74) is -0.318. The lowest BCUT2D eigenvalue weighted by Gasteiger charge is -2.21. The van der Waals surface area contributed by atoms with Gasteiger partial charge in [-0.3, -0.25) is 14.2 Å². The predicted octanol–water partition coefficient (Wildman–Crippen LogP) is 2.84. The van der Waals surface area contributed by atoms with Crippen molar-refractivity contribution in [3.05, 3.63) is 44.3 Å². The highest BCUT2D eigenvalue weighted by Gasteiger charge is 2.20. The molecule has 0 amide bonds. The molecule has 2 aromatic rings. The zero-order chi connectivity index (χ0) is 13.3. The molecule has 0 N–H and O–H groups in total. The first kappa shape index (κ1) is 13.5. The molecule has 0 aliphatic heterocycles. The Hall–Kier alpha value is -0.940. The molecular weight excluding hydrogens is 314 g/mol. The van der Waals surface area contributed by atoms with Crippen LogP contribution in [-0.4, -0.2) is 9.90 Å². The molecule has 3 nitrogen and oxygen atoms in total. The van der Waals surface area contributed by atoms with Gasteiger partial charge in [-0.1, -0.05) is 53.2 Å². The van der Waals surface area contributed by atoms with E-state index in [1.54, 1.807) is 6.07 Å². The summed E-state index contributed by atoms with van der Waals surface area (Å²) in [6.45, 7) is 4.47. The standard InChI is InChI=1S/C13H14BrNO2S/c1-13(2,7-14)8-15-11(16)9-5-3-4-6-10(9)18-12(15)17/h3-6H,7-8H2,1-2H3. The zero-order valence-corrected chi connectivity index (χ0v) is 12.7. The number of rotatable bonds is 3. The molecule has 0 fully saturated rings. The molecule has 18 heavy (non-hydrogen) atoms. The fourth-order valence-corrected chi connectivity index (χ4v) is 2.75. The summed E-state index contributed by atoms with van der Waals surface area (Å²) in [5, 5.41) is 1.36. The first-order valence-corrected chi connectivity index (χ1v) is 7.57. The lowest BCUT2D eigenvalue weighted by molar-refractivity contribution is 0.347. The van der Waals surface area contributed by atoms with E-state index in [0.29, 0.717) is 11.9 Å². The number of hydrogen-bond acceptors (Lipinski definition) is 3. The summed E-state index contributed by atoms with van der Waals surface area (Å²) in [6, 6.07) is 7.24. The van der Waals surface area contributed by atoms with Gasteiger partial charge < -0.3 is 0 Å². The molecule has 1 heterocycles. The maximum absolute atomic E-state index is 12.3. The third-order valence-electron chi connectivity index (χ3n) is 2.73. The van der Waals surface area contributed by atoms with Crippen LogP contribution in [0.2, 0.25) is 0 Å². The first-order valence-electron chi connectivity index (χ1n) is 5.63. The van der Waals surface area contributed by atoms with Gasteiger partial charge in [-0.2, -0.15) is 0 Å². The molecule has 1 aromatic carbocycles. The number of nitrogens with zero attached hydrogens (tertiary/aromatic N) is 1. The van der Waals surface area contributed by atoms with E-state index in [4.69, 9.17) is 0 Å². The van der Waals surface area contributed by atoms with Gasteiger partial charge in [-0.25, -0.2) is 0 Å². The summed E-state index contributed by atoms with van der Waals surface area (Å²) < 4.78 is 2.09. The summed E-state index contributed by atoms with van der Waals surface area (Å²) in [5.74, 6) is 0. The monoisotopic (exact) mass is 327 g/mol. The average Bonchev–Trinajstić information content (AvgIpc) is 2.34. The van der Waals surface area contributed by atoms with Crippen LogP contribution in [0, 0.1) is 5.41 Å². The van der Waals surface area contributed by atoms with Gasteiger partial charge in [0.15, 0.2) is 0 Å². The van der Waals surface area contributed by atoms with Crippen LogP contribution >= 0.6 is 27.3 Å². The second-order valence-electron chi connectivity index (χ2n) is 5.05. The van der Waals surface area contributed by atoms with Crippen molar-refractivity contribution in [3.8, 4) is 0 Å². The molecule has 0 atom stereocenters. The molecule has 0 saturated carbocycles. The van der Waals surface area contributed by atoms with Gasteiger partial charge in [-0.05, 0) is 17.5 Å². The van der Waals surface area contributed by atoms with Gasteiger partial charge in [0.25, 0.3) is 5.56 Å². The second kappa shape index (κ2) is 4.97. The van der Waals surface area contributed by atoms with Gasteiger partial charge in [-0.15, -0.1) is 0 Å². The Kier molecular flexibility index (Phi) is 3.73. The highest BCUT2D eigenvalue weighted by Crippen LogP contribution is 2.20. The average molecular weight is 328 g/mol. The van der Waals surface area contributed by atoms with Gasteiger partial charge >= 0.3 is 4.87 Å². The maximum atomic E-state index is 12.3. The van der Waals surface area contributed by atoms with E-state index in [-0.39, 0.29) is 15.8 Å². The second-order valence-corrected chi connectivity index (χ2v) is 6.61. The van der Waals surface area contributed by atoms with Crippen LogP contribution in [0.15, 0.2) is 33.9 Å². The Balaban J connectivity index is 2.66. The van der Waals surface area contributed by atoms with Crippen LogP contribution in [0.3, 0.4) is 0 Å². The van der Waals surface area contributed by atoms with Crippen molar-refractivity contribution in [2.75, 3.05) is 5.33 Å². The van der Waals surface area contributed by atoms with E-state index in [1.807, 2.05) is 32.0 Å². The molecule has 2 rings (SSSR count). The fraction of sp³-hybridized carbons (Fsp3) is 0.385. The number of halogens is 1. The van der Waals surface area contributed by atoms with Crippen LogP contribution in [0.25, 0.3) is 10.1 Å². The summed E-state index contributed by atoms with van der Waals surface area (Å²) >= 11 is 4.54. The van der Waals surface area contributed by atoms with Gasteiger partial charge in [0.1, 0.15) is 0 Å². The van der Waals surface area contributed by atoms with Gasteiger partial charge in [0, 0.05) is 16.6 Å². The number of hydrogen-bond donors (Lipinski definition) is 0. The van der Waals surface area contributed by atoms with E-state index in [2.05, 4.69) is 15.9 Å². The summed E-state index contributed by atoms with van der Waals surface area (Å²) in [4.78, 5) is 24.1. The number of benzene rings is 1. The zero-order valence-electron chi connectivity index (χ0n) is 10.3. The Morgan fingerprint density at radius 1 is 1.28 bits per heavy atom. The Labute approximate surface area is 117 Å². The van der Waals surface area contributed by atoms with E-state index in [0.717, 1.165) is 21.4 Å². The molecule has 0 aliphatic rings. The van der Waals surface area contributed by atoms with Crippen LogP contribution in [0.4, 0.5) is 0 Å². The van der Waals surface area contributed by atoms with E-state index in [9.17, 15) is 9.59 Å². The molecule has 0 aliphatic carbocycles. The van der Waals surface area contributed by atoms with Crippen molar-refractivity contribution in [2.45, 2.75) is 20.4 Å². The van der Waals surface area contributed by atoms with Crippen molar-refractivity contribution < 1.29 is 0 Å². The minimum atomic E-state index is -0.191. The molecule has 0 bridgehead atoms. The SMILES string of the molecule is CC(C)(CBr)Cn1c(=O)sc2ccccc2c1=O. The Bertz CT molecular complexity index is 687. The van der Waals surface area contributed by atoms with Crippen molar-refractivity contribution in [1.29, 1.82) is 0 Å². The summed E-state index contributed by atoms with van der Waals surface area (Å²) in [6.07, 6.45) is 0. The van der Waals surface area contributed by atoms with Crippen molar-refractivity contribution in [2.24, 2.45) is 5.41 Å². The van der Waals surface area contributed by atoms with Gasteiger partial charge in [0.2, 0.25) is 0 Å². The Morgan fingerprint density at radius 3 is 2.61 bits per heavy atom. The van der Waals surface area contributed by atoms with Crippen LogP contribution in [-0.2, 0) is 6.54 Å². The molecular formula is C13H14BrNO2S. The topological polar surface area (TPSA) is 39.1 Å². The van der Waals surface area contributed by atoms with Crippen LogP contribution in [0.5, 0.6) is 0 Å². The third-order valence-corrected chi connectivity index (χ3v) is 5.22. The minimum absolute atomic E-state index is 0.127. The van der Waals surface area contributed by atoms with Crippen molar-refractivity contribution >= 4 is 37.4 Å². The highest BCUT2D eigenvalue weighted by atomic mass is 79.9. The Morgan fingerprint density at radius 2 is 1.94 bits per heavy atom. The predicted molar refractivity (Wildman–Crippen MR) is 79.9 cm³/mol. The minimum Gasteiger partial charge on any atom is -0.269 e. The molecule has 5 heteroatoms. The smallest absolute Gasteiger partial charge is 0.269 e. The summed E-state index contributed by atoms with van der Waals surface area (Å²) in [7, 11) is 0. The maximum Gasteiger partial charge on any atom is 0.310 e. The van der Waals surface area contributed by atoms with Crippen molar-refractivity contribution in [3.63, 3.8) is 0 Å². The van der Waals surface area contributed by atoms with Crippen LogP contribution < -0.4 is 10.4 Å². The van der Waals surface area contributed by atoms with Crippen LogP contribution in [0.1, 0.15) is 13.8 Å². The van der Waals surface area contributed by atoms with Crippen molar-refractivity contribution in [1.82, 2.24) is 4.57 Å². The van der Waals surface area contributed by atoms with E-state index in [1.165, 1.54) is 4.57 Å². The lowest BCUT2D eigenvalue weighted by Crippen LogP contribution is -2.36. The molecule has 0 saturated heterocycles. The molecule has 1 aromatic heterocycles. The van der Waals surface area contributed by atoms with Gasteiger partial charge in [0.05, 0.1) is 5.39 Å². The fourth-order valence-electron chi connectivity index (χ4n) is 1.72. The lowest BCUT2D eigenvalue weighted by atomic mass is 9.97. The molecule has 0 spiro atoms. The largest absolute Gasteiger partial charge is 0.310 e. The normalized spacial score (nSPS) is 11.9.